The quantitative estimate of drug-likeness (QED) is 0.0251. The molecule has 4 amide bonds. The predicted molar refractivity (Wildman–Crippen MR) is 284 cm³/mol. The fourth-order valence-electron chi connectivity index (χ4n) is 12.0. The first-order chi connectivity index (χ1) is 36.8. The Hall–Kier alpha value is -7.58. The third-order valence-corrected chi connectivity index (χ3v) is 15.8. The van der Waals surface area contributed by atoms with Gasteiger partial charge in [-0.2, -0.15) is 0 Å². The molecule has 0 unspecified atom stereocenters. The van der Waals surface area contributed by atoms with Crippen molar-refractivity contribution in [1.82, 2.24) is 20.4 Å². The number of aromatic hydroxyl groups is 1. The monoisotopic (exact) mass is 1140 g/mol. The number of rotatable bonds is 17. The molecule has 17 nitrogen and oxygen atoms in total. The van der Waals surface area contributed by atoms with Crippen LogP contribution >= 0.6 is 22.6 Å². The van der Waals surface area contributed by atoms with Crippen LogP contribution in [-0.2, 0) is 53.2 Å². The molecule has 0 aliphatic carbocycles. The third kappa shape index (κ3) is 9.56. The number of carbonyl (C=O) groups is 7. The lowest BCUT2D eigenvalue weighted by Crippen LogP contribution is -2.61. The number of unbranched alkanes of at least 4 members (excludes halogenated alkanes) is 1. The molecule has 5 heterocycles. The number of phenolic OH excluding ortho intramolecular Hbond substituents is 1. The molecule has 10 atom stereocenters. The van der Waals surface area contributed by atoms with Crippen LogP contribution in [0, 0.1) is 15.4 Å². The third-order valence-electron chi connectivity index (χ3n) is 15.2. The molecule has 1 spiro atoms. The molecule has 76 heavy (non-hydrogen) atoms. The number of piperazine rings is 1. The molecule has 0 bridgehead atoms. The standard InChI is InChI=1S/C58H56IN5O12/c1-3-28-74-55(70)46-49-56(71)76-50(36-14-8-5-9-15-36)48(34-12-6-4-7-13-34)64(49)51(58(46)42-31-38(59)21-26-43(42)62-57(58)72)37-19-24-40(25-20-37)73-29-30-75-54(69)41-32-45-52(67)61-44(16-10-11-27-60-33(2)65)53(68)63(45)47(41)35-17-22-39(66)23-18-35/h3-9,12-15,17-26,31,41,44-51,66H,1,10-11,16,27-30,32H2,2H3,(H,60,65)(H,61,67)(H,62,72)/t41-,44+,45-,46-,47-,48-,49-,50+,51+,58-/m1/s1. The topological polar surface area (TPSA) is 219 Å². The number of phenols is 1. The fraction of sp³-hybridized carbons (Fsp3) is 0.328. The van der Waals surface area contributed by atoms with Gasteiger partial charge in [0.2, 0.25) is 23.6 Å². The number of morpholine rings is 1. The minimum Gasteiger partial charge on any atom is -0.508 e. The number of carbonyl (C=O) groups excluding carboxylic acids is 7. The van der Waals surface area contributed by atoms with Crippen LogP contribution in [0.5, 0.6) is 11.5 Å². The van der Waals surface area contributed by atoms with Gasteiger partial charge in [0.05, 0.1) is 24.0 Å². The average molecular weight is 1140 g/mol. The van der Waals surface area contributed by atoms with E-state index in [1.54, 1.807) is 42.5 Å². The molecule has 0 aromatic heterocycles. The van der Waals surface area contributed by atoms with Gasteiger partial charge < -0.3 is 44.9 Å². The summed E-state index contributed by atoms with van der Waals surface area (Å²) in [4.78, 5) is 101. The number of ether oxygens (including phenoxy) is 4. The molecule has 5 aliphatic heterocycles. The predicted octanol–water partition coefficient (Wildman–Crippen LogP) is 6.68. The maximum absolute atomic E-state index is 15.2. The van der Waals surface area contributed by atoms with Gasteiger partial charge in [0.15, 0.2) is 0 Å². The Balaban J connectivity index is 0.930. The highest BCUT2D eigenvalue weighted by molar-refractivity contribution is 14.1. The Kier molecular flexibility index (Phi) is 15.0. The van der Waals surface area contributed by atoms with Crippen molar-refractivity contribution in [3.05, 3.63) is 171 Å². The van der Waals surface area contributed by atoms with Gasteiger partial charge in [-0.3, -0.25) is 38.5 Å². The molecule has 4 N–H and O–H groups in total. The number of esters is 3. The van der Waals surface area contributed by atoms with Crippen LogP contribution in [-0.4, -0.2) is 101 Å². The maximum atomic E-state index is 15.2. The van der Waals surface area contributed by atoms with E-state index in [-0.39, 0.29) is 49.7 Å². The molecule has 5 aliphatic rings. The van der Waals surface area contributed by atoms with Crippen LogP contribution in [0.4, 0.5) is 5.69 Å². The number of amides is 4. The summed E-state index contributed by atoms with van der Waals surface area (Å²) < 4.78 is 25.1. The Labute approximate surface area is 452 Å². The molecular weight excluding hydrogens is 1090 g/mol. The molecule has 5 aromatic carbocycles. The van der Waals surface area contributed by atoms with E-state index < -0.39 is 83.4 Å². The summed E-state index contributed by atoms with van der Waals surface area (Å²) in [5, 5.41) is 18.8. The van der Waals surface area contributed by atoms with E-state index in [9.17, 15) is 33.9 Å². The van der Waals surface area contributed by atoms with Crippen molar-refractivity contribution in [3.8, 4) is 11.5 Å². The second kappa shape index (κ2) is 21.9. The number of anilines is 1. The Morgan fingerprint density at radius 2 is 1.50 bits per heavy atom. The number of nitrogens with one attached hydrogen (secondary N) is 3. The Morgan fingerprint density at radius 3 is 2.20 bits per heavy atom. The number of cyclic esters (lactones) is 1. The van der Waals surface area contributed by atoms with Crippen molar-refractivity contribution < 1.29 is 57.6 Å². The first-order valence-electron chi connectivity index (χ1n) is 25.3. The van der Waals surface area contributed by atoms with E-state index in [4.69, 9.17) is 18.9 Å². The lowest BCUT2D eigenvalue weighted by atomic mass is 9.65. The van der Waals surface area contributed by atoms with Crippen LogP contribution < -0.4 is 20.7 Å². The molecule has 5 aromatic rings. The van der Waals surface area contributed by atoms with E-state index in [0.29, 0.717) is 53.9 Å². The number of benzene rings is 5. The second-order valence-corrected chi connectivity index (χ2v) is 20.8. The average Bonchev–Trinajstić information content (AvgIpc) is 4.27. The fourth-order valence-corrected chi connectivity index (χ4v) is 12.5. The maximum Gasteiger partial charge on any atom is 0.325 e. The summed E-state index contributed by atoms with van der Waals surface area (Å²) in [5.41, 5.74) is 1.98. The van der Waals surface area contributed by atoms with Crippen molar-refractivity contribution in [2.75, 3.05) is 31.7 Å². The number of nitrogens with zero attached hydrogens (tertiary/aromatic N) is 2. The summed E-state index contributed by atoms with van der Waals surface area (Å²) in [6.07, 6.45) is 2.11. The van der Waals surface area contributed by atoms with Crippen molar-refractivity contribution >= 4 is 69.8 Å². The Morgan fingerprint density at radius 1 is 0.816 bits per heavy atom. The van der Waals surface area contributed by atoms with E-state index in [0.717, 1.165) is 14.7 Å². The van der Waals surface area contributed by atoms with Gasteiger partial charge in [-0.1, -0.05) is 97.6 Å². The normalized spacial score (nSPS) is 26.3. The highest BCUT2D eigenvalue weighted by Gasteiger charge is 2.74. The zero-order chi connectivity index (χ0) is 53.3. The summed E-state index contributed by atoms with van der Waals surface area (Å²) in [5.74, 6) is -5.33. The summed E-state index contributed by atoms with van der Waals surface area (Å²) >= 11 is 2.17. The first-order valence-corrected chi connectivity index (χ1v) is 26.4. The van der Waals surface area contributed by atoms with Gasteiger partial charge in [0, 0.05) is 22.7 Å². The lowest BCUT2D eigenvalue weighted by molar-refractivity contribution is -0.180. The highest BCUT2D eigenvalue weighted by Crippen LogP contribution is 2.65. The van der Waals surface area contributed by atoms with E-state index in [2.05, 4.69) is 45.1 Å². The SMILES string of the molecule is C=CCOC(=O)[C@H]1[C@@H]2C(=O)O[C@@H](c3ccccc3)[C@@H](c3ccccc3)N2[C@@H](c2ccc(OCCOC(=O)[C@@H]3C[C@@H]4C(=O)N[C@@H](CCCCNC(C)=O)C(=O)N4[C@@H]3c3ccc(O)cc3)cc2)[C@]12C(=O)Nc1ccc(I)cc12. The molecular formula is C58H56IN5O12. The first kappa shape index (κ1) is 51.9. The van der Waals surface area contributed by atoms with Gasteiger partial charge in [-0.05, 0) is 119 Å². The summed E-state index contributed by atoms with van der Waals surface area (Å²) in [6.45, 7) is 5.18. The zero-order valence-electron chi connectivity index (χ0n) is 41.5. The van der Waals surface area contributed by atoms with E-state index in [1.807, 2.05) is 77.7 Å². The molecule has 392 valence electrons. The van der Waals surface area contributed by atoms with Gasteiger partial charge in [-0.25, -0.2) is 0 Å². The number of hydrogen-bond acceptors (Lipinski definition) is 13. The molecule has 10 rings (SSSR count). The van der Waals surface area contributed by atoms with Gasteiger partial charge in [0.1, 0.15) is 66.9 Å². The summed E-state index contributed by atoms with van der Waals surface area (Å²) in [7, 11) is 0. The smallest absolute Gasteiger partial charge is 0.325 e. The second-order valence-electron chi connectivity index (χ2n) is 19.6. The van der Waals surface area contributed by atoms with Crippen LogP contribution in [0.2, 0.25) is 0 Å². The molecule has 4 fully saturated rings. The van der Waals surface area contributed by atoms with Crippen molar-refractivity contribution in [3.63, 3.8) is 0 Å². The minimum atomic E-state index is -1.72. The van der Waals surface area contributed by atoms with Crippen LogP contribution in [0.25, 0.3) is 0 Å². The zero-order valence-corrected chi connectivity index (χ0v) is 43.6. The lowest BCUT2D eigenvalue weighted by Gasteiger charge is -2.46. The number of hydrogen-bond donors (Lipinski definition) is 4. The van der Waals surface area contributed by atoms with Crippen molar-refractivity contribution in [1.29, 1.82) is 0 Å². The molecule has 4 saturated heterocycles. The van der Waals surface area contributed by atoms with Crippen LogP contribution in [0.1, 0.15) is 84.7 Å². The van der Waals surface area contributed by atoms with Gasteiger partial charge in [0.25, 0.3) is 0 Å². The van der Waals surface area contributed by atoms with Gasteiger partial charge in [-0.15, -0.1) is 0 Å². The van der Waals surface area contributed by atoms with E-state index >= 15 is 4.79 Å². The number of fused-ring (bicyclic) bond motifs is 4. The molecule has 18 heteroatoms. The molecule has 0 saturated carbocycles. The van der Waals surface area contributed by atoms with Crippen LogP contribution in [0.15, 0.2) is 140 Å². The number of halogens is 1. The van der Waals surface area contributed by atoms with Gasteiger partial charge >= 0.3 is 17.9 Å². The Bertz CT molecular complexity index is 3050. The largest absolute Gasteiger partial charge is 0.508 e. The van der Waals surface area contributed by atoms with Crippen LogP contribution in [0.3, 0.4) is 0 Å². The summed E-state index contributed by atoms with van der Waals surface area (Å²) in [6, 6.07) is 32.1. The van der Waals surface area contributed by atoms with Crippen molar-refractivity contribution in [2.45, 2.75) is 80.4 Å². The minimum absolute atomic E-state index is 0.00381. The van der Waals surface area contributed by atoms with E-state index in [1.165, 1.54) is 30.0 Å². The van der Waals surface area contributed by atoms with Crippen molar-refractivity contribution in [2.24, 2.45) is 11.8 Å². The molecule has 0 radical (unpaired) electrons. The highest BCUT2D eigenvalue weighted by atomic mass is 127.